The average Bonchev–Trinajstić information content (AvgIpc) is 2.82. The van der Waals surface area contributed by atoms with E-state index >= 15 is 0 Å². The minimum atomic E-state index is -0.207. The van der Waals surface area contributed by atoms with Crippen molar-refractivity contribution in [2.24, 2.45) is 0 Å². The van der Waals surface area contributed by atoms with Gasteiger partial charge < -0.3 is 9.88 Å². The summed E-state index contributed by atoms with van der Waals surface area (Å²) in [5.74, 6) is 0.692. The quantitative estimate of drug-likeness (QED) is 0.894. The molecule has 19 heavy (non-hydrogen) atoms. The third kappa shape index (κ3) is 3.01. The number of aromatic nitrogens is 2. The molecule has 0 spiro atoms. The number of aryl methyl sites for hydroxylation is 1. The third-order valence-corrected chi connectivity index (χ3v) is 3.24. The number of benzene rings is 1. The molecule has 102 valence electrons. The van der Waals surface area contributed by atoms with Gasteiger partial charge in [0.05, 0.1) is 5.69 Å². The van der Waals surface area contributed by atoms with Gasteiger partial charge in [0.1, 0.15) is 11.6 Å². The molecule has 1 heterocycles. The molecule has 1 aromatic heterocycles. The van der Waals surface area contributed by atoms with Crippen LogP contribution in [0.4, 0.5) is 4.39 Å². The molecule has 0 amide bonds. The Morgan fingerprint density at radius 3 is 2.84 bits per heavy atom. The predicted octanol–water partition coefficient (Wildman–Crippen LogP) is 3.38. The van der Waals surface area contributed by atoms with Gasteiger partial charge in [0.2, 0.25) is 0 Å². The SMILES string of the molecule is CCCNC(C)c1cc(F)ccc1-n1ccnc1C. The summed E-state index contributed by atoms with van der Waals surface area (Å²) in [5, 5.41) is 3.40. The van der Waals surface area contributed by atoms with Crippen molar-refractivity contribution in [2.75, 3.05) is 6.54 Å². The molecule has 1 atom stereocenters. The Hall–Kier alpha value is -1.68. The standard InChI is InChI=1S/C15H20FN3/c1-4-7-17-11(2)14-10-13(16)5-6-15(14)19-9-8-18-12(19)3/h5-6,8-11,17H,4,7H2,1-3H3. The van der Waals surface area contributed by atoms with E-state index in [2.05, 4.69) is 24.1 Å². The van der Waals surface area contributed by atoms with Crippen LogP contribution in [0.2, 0.25) is 0 Å². The number of hydrogen-bond acceptors (Lipinski definition) is 2. The maximum Gasteiger partial charge on any atom is 0.123 e. The molecule has 0 aliphatic rings. The fourth-order valence-corrected chi connectivity index (χ4v) is 2.19. The third-order valence-electron chi connectivity index (χ3n) is 3.24. The molecule has 2 rings (SSSR count). The Morgan fingerprint density at radius 1 is 1.42 bits per heavy atom. The fourth-order valence-electron chi connectivity index (χ4n) is 2.19. The van der Waals surface area contributed by atoms with Crippen molar-refractivity contribution in [3.8, 4) is 5.69 Å². The minimum Gasteiger partial charge on any atom is -0.310 e. The molecule has 0 aliphatic carbocycles. The van der Waals surface area contributed by atoms with Crippen LogP contribution >= 0.6 is 0 Å². The Kier molecular flexibility index (Phi) is 4.32. The summed E-state index contributed by atoms with van der Waals surface area (Å²) in [6, 6.07) is 5.00. The van der Waals surface area contributed by atoms with Crippen LogP contribution in [0.25, 0.3) is 5.69 Å². The van der Waals surface area contributed by atoms with E-state index in [4.69, 9.17) is 0 Å². The van der Waals surface area contributed by atoms with Crippen molar-refractivity contribution in [1.29, 1.82) is 0 Å². The zero-order valence-corrected chi connectivity index (χ0v) is 11.7. The minimum absolute atomic E-state index is 0.104. The Bertz CT molecular complexity index is 548. The van der Waals surface area contributed by atoms with E-state index in [1.165, 1.54) is 6.07 Å². The Balaban J connectivity index is 2.41. The Labute approximate surface area is 113 Å². The van der Waals surface area contributed by atoms with Gasteiger partial charge in [0.15, 0.2) is 0 Å². The fraction of sp³-hybridized carbons (Fsp3) is 0.400. The lowest BCUT2D eigenvalue weighted by atomic mass is 10.1. The maximum absolute atomic E-state index is 13.5. The van der Waals surface area contributed by atoms with E-state index < -0.39 is 0 Å². The number of rotatable bonds is 5. The molecule has 0 fully saturated rings. The highest BCUT2D eigenvalue weighted by atomic mass is 19.1. The van der Waals surface area contributed by atoms with Gasteiger partial charge in [0, 0.05) is 18.4 Å². The van der Waals surface area contributed by atoms with Crippen molar-refractivity contribution in [2.45, 2.75) is 33.2 Å². The van der Waals surface area contributed by atoms with Crippen LogP contribution in [0.5, 0.6) is 0 Å². The number of imidazole rings is 1. The van der Waals surface area contributed by atoms with Gasteiger partial charge in [-0.15, -0.1) is 0 Å². The highest BCUT2D eigenvalue weighted by molar-refractivity contribution is 5.44. The first-order chi connectivity index (χ1) is 9.13. The summed E-state index contributed by atoms with van der Waals surface area (Å²) >= 11 is 0. The first-order valence-electron chi connectivity index (χ1n) is 6.66. The summed E-state index contributed by atoms with van der Waals surface area (Å²) in [5.41, 5.74) is 1.93. The highest BCUT2D eigenvalue weighted by Crippen LogP contribution is 2.23. The summed E-state index contributed by atoms with van der Waals surface area (Å²) < 4.78 is 15.5. The molecule has 3 nitrogen and oxygen atoms in total. The lowest BCUT2D eigenvalue weighted by Gasteiger charge is -2.19. The topological polar surface area (TPSA) is 29.9 Å². The number of nitrogens with zero attached hydrogens (tertiary/aromatic N) is 2. The molecule has 0 saturated carbocycles. The van der Waals surface area contributed by atoms with E-state index in [0.717, 1.165) is 30.0 Å². The van der Waals surface area contributed by atoms with E-state index in [1.807, 2.05) is 23.8 Å². The van der Waals surface area contributed by atoms with Gasteiger partial charge in [-0.05, 0) is 50.6 Å². The van der Waals surface area contributed by atoms with Crippen LogP contribution in [-0.2, 0) is 0 Å². The van der Waals surface area contributed by atoms with Crippen LogP contribution in [-0.4, -0.2) is 16.1 Å². The predicted molar refractivity (Wildman–Crippen MR) is 75.0 cm³/mol. The largest absolute Gasteiger partial charge is 0.310 e. The van der Waals surface area contributed by atoms with Crippen LogP contribution in [0, 0.1) is 12.7 Å². The van der Waals surface area contributed by atoms with Gasteiger partial charge >= 0.3 is 0 Å². The van der Waals surface area contributed by atoms with Crippen LogP contribution in [0.15, 0.2) is 30.6 Å². The number of halogens is 1. The van der Waals surface area contributed by atoms with Crippen LogP contribution in [0.1, 0.15) is 37.7 Å². The second kappa shape index (κ2) is 5.97. The van der Waals surface area contributed by atoms with Crippen molar-refractivity contribution >= 4 is 0 Å². The van der Waals surface area contributed by atoms with Gasteiger partial charge in [-0.1, -0.05) is 6.92 Å². The van der Waals surface area contributed by atoms with E-state index in [0.29, 0.717) is 0 Å². The van der Waals surface area contributed by atoms with Crippen LogP contribution in [0.3, 0.4) is 0 Å². The van der Waals surface area contributed by atoms with Gasteiger partial charge in [-0.25, -0.2) is 9.37 Å². The van der Waals surface area contributed by atoms with E-state index in [9.17, 15) is 4.39 Å². The van der Waals surface area contributed by atoms with E-state index in [-0.39, 0.29) is 11.9 Å². The summed E-state index contributed by atoms with van der Waals surface area (Å²) in [7, 11) is 0. The monoisotopic (exact) mass is 261 g/mol. The van der Waals surface area contributed by atoms with Gasteiger partial charge in [0.25, 0.3) is 0 Å². The smallest absolute Gasteiger partial charge is 0.123 e. The Morgan fingerprint density at radius 2 is 2.21 bits per heavy atom. The molecule has 0 saturated heterocycles. The lowest BCUT2D eigenvalue weighted by Crippen LogP contribution is -2.21. The van der Waals surface area contributed by atoms with Crippen LogP contribution < -0.4 is 5.32 Å². The lowest BCUT2D eigenvalue weighted by molar-refractivity contribution is 0.559. The molecule has 1 aromatic carbocycles. The molecular weight excluding hydrogens is 241 g/mol. The number of nitrogens with one attached hydrogen (secondary N) is 1. The van der Waals surface area contributed by atoms with Crippen molar-refractivity contribution in [1.82, 2.24) is 14.9 Å². The van der Waals surface area contributed by atoms with E-state index in [1.54, 1.807) is 12.3 Å². The molecule has 2 aromatic rings. The summed E-state index contributed by atoms with van der Waals surface area (Å²) in [6.07, 6.45) is 4.71. The van der Waals surface area contributed by atoms with Crippen molar-refractivity contribution in [3.05, 3.63) is 47.8 Å². The normalized spacial score (nSPS) is 12.6. The van der Waals surface area contributed by atoms with Crippen molar-refractivity contribution < 1.29 is 4.39 Å². The molecule has 4 heteroatoms. The van der Waals surface area contributed by atoms with Gasteiger partial charge in [-0.2, -0.15) is 0 Å². The van der Waals surface area contributed by atoms with Gasteiger partial charge in [-0.3, -0.25) is 0 Å². The second-order valence-electron chi connectivity index (χ2n) is 4.72. The van der Waals surface area contributed by atoms with Crippen molar-refractivity contribution in [3.63, 3.8) is 0 Å². The zero-order valence-electron chi connectivity index (χ0n) is 11.7. The first-order valence-corrected chi connectivity index (χ1v) is 6.66. The molecule has 0 aliphatic heterocycles. The molecule has 0 radical (unpaired) electrons. The molecule has 1 N–H and O–H groups in total. The zero-order chi connectivity index (χ0) is 13.8. The summed E-state index contributed by atoms with van der Waals surface area (Å²) in [4.78, 5) is 4.23. The first kappa shape index (κ1) is 13.7. The molecule has 1 unspecified atom stereocenters. The second-order valence-corrected chi connectivity index (χ2v) is 4.72. The molecule has 0 bridgehead atoms. The molecular formula is C15H20FN3. The highest BCUT2D eigenvalue weighted by Gasteiger charge is 2.13. The maximum atomic E-state index is 13.5. The average molecular weight is 261 g/mol. The number of hydrogen-bond donors (Lipinski definition) is 1. The summed E-state index contributed by atoms with van der Waals surface area (Å²) in [6.45, 7) is 7.03.